The minimum absolute atomic E-state index is 0.0737. The van der Waals surface area contributed by atoms with Crippen molar-refractivity contribution in [3.8, 4) is 5.75 Å². The monoisotopic (exact) mass is 336 g/mol. The molecule has 0 aromatic heterocycles. The highest BCUT2D eigenvalue weighted by Crippen LogP contribution is 2.25. The van der Waals surface area contributed by atoms with E-state index < -0.39 is 0 Å². The van der Waals surface area contributed by atoms with Crippen LogP contribution < -0.4 is 4.74 Å². The summed E-state index contributed by atoms with van der Waals surface area (Å²) in [5.74, 6) is -0.0143. The fourth-order valence-electron chi connectivity index (χ4n) is 1.75. The summed E-state index contributed by atoms with van der Waals surface area (Å²) in [6, 6.07) is 11.5. The van der Waals surface area contributed by atoms with Crippen LogP contribution in [-0.2, 0) is 6.42 Å². The minimum Gasteiger partial charge on any atom is -0.484 e. The molecule has 0 atom stereocenters. The number of Topliss-reactive ketones (excluding diaryl/α,β-unsaturated/α-hetero) is 1. The van der Waals surface area contributed by atoms with E-state index in [1.165, 1.54) is 23.8 Å². The number of ether oxygens (including phenoxy) is 1. The summed E-state index contributed by atoms with van der Waals surface area (Å²) in [5, 5.41) is 0. The Balaban J connectivity index is 2.00. The van der Waals surface area contributed by atoms with Gasteiger partial charge in [0.15, 0.2) is 12.4 Å². The predicted octanol–water partition coefficient (Wildman–Crippen LogP) is 4.41. The van der Waals surface area contributed by atoms with Crippen LogP contribution in [0.25, 0.3) is 0 Å². The standard InChI is InChI=1S/C16H14BrFO2/c1-2-11-3-5-12(6-4-11)15(19)10-20-16-8-7-13(18)9-14(16)17/h3-9H,2,10H2,1H3. The summed E-state index contributed by atoms with van der Waals surface area (Å²) in [6.07, 6.45) is 0.938. The first kappa shape index (κ1) is 14.7. The van der Waals surface area contributed by atoms with Crippen molar-refractivity contribution in [2.24, 2.45) is 0 Å². The number of carbonyl (C=O) groups excluding carboxylic acids is 1. The number of carbonyl (C=O) groups is 1. The normalized spacial score (nSPS) is 10.3. The zero-order valence-electron chi connectivity index (χ0n) is 11.0. The van der Waals surface area contributed by atoms with E-state index >= 15 is 0 Å². The van der Waals surface area contributed by atoms with Crippen molar-refractivity contribution in [3.05, 3.63) is 63.9 Å². The van der Waals surface area contributed by atoms with E-state index in [1.807, 2.05) is 12.1 Å². The average Bonchev–Trinajstić information content (AvgIpc) is 2.46. The van der Waals surface area contributed by atoms with Crippen LogP contribution in [0.2, 0.25) is 0 Å². The molecule has 0 N–H and O–H groups in total. The predicted molar refractivity (Wildman–Crippen MR) is 79.7 cm³/mol. The van der Waals surface area contributed by atoms with E-state index in [4.69, 9.17) is 4.74 Å². The van der Waals surface area contributed by atoms with Crippen molar-refractivity contribution in [2.45, 2.75) is 13.3 Å². The van der Waals surface area contributed by atoms with Gasteiger partial charge in [-0.3, -0.25) is 4.79 Å². The highest BCUT2D eigenvalue weighted by Gasteiger charge is 2.09. The van der Waals surface area contributed by atoms with Gasteiger partial charge in [-0.2, -0.15) is 0 Å². The number of hydrogen-bond donors (Lipinski definition) is 0. The summed E-state index contributed by atoms with van der Waals surface area (Å²) in [6.45, 7) is 1.99. The minimum atomic E-state index is -0.356. The first-order chi connectivity index (χ1) is 9.60. The fraction of sp³-hybridized carbons (Fsp3) is 0.188. The van der Waals surface area contributed by atoms with Crippen LogP contribution in [0.15, 0.2) is 46.9 Å². The average molecular weight is 337 g/mol. The summed E-state index contributed by atoms with van der Waals surface area (Å²) < 4.78 is 18.8. The molecule has 0 amide bonds. The van der Waals surface area contributed by atoms with E-state index in [9.17, 15) is 9.18 Å². The molecule has 20 heavy (non-hydrogen) atoms. The highest BCUT2D eigenvalue weighted by atomic mass is 79.9. The molecule has 0 fully saturated rings. The SMILES string of the molecule is CCc1ccc(C(=O)COc2ccc(F)cc2Br)cc1. The van der Waals surface area contributed by atoms with Crippen molar-refractivity contribution in [3.63, 3.8) is 0 Å². The Morgan fingerprint density at radius 2 is 1.90 bits per heavy atom. The number of rotatable bonds is 5. The summed E-state index contributed by atoms with van der Waals surface area (Å²) in [7, 11) is 0. The molecule has 0 aliphatic rings. The van der Waals surface area contributed by atoms with Crippen LogP contribution >= 0.6 is 15.9 Å². The molecule has 0 aliphatic heterocycles. The van der Waals surface area contributed by atoms with Gasteiger partial charge in [-0.25, -0.2) is 4.39 Å². The molecule has 2 nitrogen and oxygen atoms in total. The zero-order valence-corrected chi connectivity index (χ0v) is 12.6. The van der Waals surface area contributed by atoms with Gasteiger partial charge in [0, 0.05) is 5.56 Å². The Bertz CT molecular complexity index is 608. The molecular weight excluding hydrogens is 323 g/mol. The third-order valence-electron chi connectivity index (χ3n) is 2.94. The van der Waals surface area contributed by atoms with Gasteiger partial charge >= 0.3 is 0 Å². The lowest BCUT2D eigenvalue weighted by Gasteiger charge is -2.08. The molecule has 0 aliphatic carbocycles. The molecule has 0 saturated heterocycles. The smallest absolute Gasteiger partial charge is 0.200 e. The molecule has 104 valence electrons. The third kappa shape index (κ3) is 3.67. The molecule has 4 heteroatoms. The summed E-state index contributed by atoms with van der Waals surface area (Å²) in [5.41, 5.74) is 1.80. The number of halogens is 2. The van der Waals surface area contributed by atoms with Gasteiger partial charge in [0.2, 0.25) is 0 Å². The lowest BCUT2D eigenvalue weighted by molar-refractivity contribution is 0.0921. The number of ketones is 1. The Kier molecular flexibility index (Phi) is 4.90. The topological polar surface area (TPSA) is 26.3 Å². The second kappa shape index (κ2) is 6.66. The maximum absolute atomic E-state index is 12.9. The number of benzene rings is 2. The van der Waals surface area contributed by atoms with Gasteiger partial charge in [0.1, 0.15) is 11.6 Å². The van der Waals surface area contributed by atoms with Gasteiger partial charge in [-0.1, -0.05) is 31.2 Å². The molecule has 0 unspecified atom stereocenters. The first-order valence-corrected chi connectivity index (χ1v) is 7.09. The zero-order chi connectivity index (χ0) is 14.5. The summed E-state index contributed by atoms with van der Waals surface area (Å²) >= 11 is 3.20. The van der Waals surface area contributed by atoms with Crippen molar-refractivity contribution in [1.29, 1.82) is 0 Å². The largest absolute Gasteiger partial charge is 0.484 e. The van der Waals surface area contributed by atoms with E-state index in [0.29, 0.717) is 15.8 Å². The molecule has 2 aromatic rings. The quantitative estimate of drug-likeness (QED) is 0.756. The first-order valence-electron chi connectivity index (χ1n) is 6.30. The van der Waals surface area contributed by atoms with Crippen molar-refractivity contribution < 1.29 is 13.9 Å². The van der Waals surface area contributed by atoms with Gasteiger partial charge < -0.3 is 4.74 Å². The van der Waals surface area contributed by atoms with Gasteiger partial charge in [0.05, 0.1) is 4.47 Å². The fourth-order valence-corrected chi connectivity index (χ4v) is 2.21. The van der Waals surface area contributed by atoms with Crippen LogP contribution in [-0.4, -0.2) is 12.4 Å². The van der Waals surface area contributed by atoms with Gasteiger partial charge in [-0.15, -0.1) is 0 Å². The molecule has 0 heterocycles. The summed E-state index contributed by atoms with van der Waals surface area (Å²) in [4.78, 5) is 12.0. The van der Waals surface area contributed by atoms with Crippen LogP contribution in [0.3, 0.4) is 0 Å². The third-order valence-corrected chi connectivity index (χ3v) is 3.56. The Morgan fingerprint density at radius 3 is 2.50 bits per heavy atom. The lowest BCUT2D eigenvalue weighted by Crippen LogP contribution is -2.11. The number of aryl methyl sites for hydroxylation is 1. The van der Waals surface area contributed by atoms with E-state index in [-0.39, 0.29) is 18.2 Å². The van der Waals surface area contributed by atoms with Crippen molar-refractivity contribution in [2.75, 3.05) is 6.61 Å². The second-order valence-corrected chi connectivity index (χ2v) is 5.19. The van der Waals surface area contributed by atoms with Gasteiger partial charge in [0.25, 0.3) is 0 Å². The van der Waals surface area contributed by atoms with Crippen LogP contribution in [0.4, 0.5) is 4.39 Å². The Morgan fingerprint density at radius 1 is 1.20 bits per heavy atom. The maximum Gasteiger partial charge on any atom is 0.200 e. The van der Waals surface area contributed by atoms with E-state index in [2.05, 4.69) is 22.9 Å². The molecule has 0 radical (unpaired) electrons. The maximum atomic E-state index is 12.9. The van der Waals surface area contributed by atoms with Crippen molar-refractivity contribution in [1.82, 2.24) is 0 Å². The van der Waals surface area contributed by atoms with Crippen molar-refractivity contribution >= 4 is 21.7 Å². The van der Waals surface area contributed by atoms with Crippen LogP contribution in [0, 0.1) is 5.82 Å². The molecule has 0 bridgehead atoms. The van der Waals surface area contributed by atoms with Crippen LogP contribution in [0.5, 0.6) is 5.75 Å². The molecule has 2 aromatic carbocycles. The second-order valence-electron chi connectivity index (χ2n) is 4.34. The molecule has 0 spiro atoms. The lowest BCUT2D eigenvalue weighted by atomic mass is 10.1. The van der Waals surface area contributed by atoms with E-state index in [0.717, 1.165) is 6.42 Å². The Labute approximate surface area is 125 Å². The van der Waals surface area contributed by atoms with Gasteiger partial charge in [-0.05, 0) is 46.1 Å². The molecular formula is C16H14BrFO2. The highest BCUT2D eigenvalue weighted by molar-refractivity contribution is 9.10. The van der Waals surface area contributed by atoms with E-state index in [1.54, 1.807) is 12.1 Å². The Hall–Kier alpha value is -1.68. The number of hydrogen-bond acceptors (Lipinski definition) is 2. The van der Waals surface area contributed by atoms with Crippen LogP contribution in [0.1, 0.15) is 22.8 Å². The molecule has 0 saturated carbocycles. The molecule has 2 rings (SSSR count).